The van der Waals surface area contributed by atoms with Crippen LogP contribution in [0.3, 0.4) is 0 Å². The molecule has 1 aliphatic rings. The molecule has 1 unspecified atom stereocenters. The van der Waals surface area contributed by atoms with Gasteiger partial charge in [-0.15, -0.1) is 0 Å². The fourth-order valence-corrected chi connectivity index (χ4v) is 3.14. The average Bonchev–Trinajstić information content (AvgIpc) is 3.18. The Balaban J connectivity index is 0.000000311. The smallest absolute Gasteiger partial charge is 0.416 e. The third kappa shape index (κ3) is 9.75. The summed E-state index contributed by atoms with van der Waals surface area (Å²) in [4.78, 5) is 6.72. The second-order valence-electron chi connectivity index (χ2n) is 6.83. The van der Waals surface area contributed by atoms with Crippen LogP contribution in [0.5, 0.6) is 0 Å². The van der Waals surface area contributed by atoms with Crippen LogP contribution in [0.25, 0.3) is 0 Å². The van der Waals surface area contributed by atoms with Gasteiger partial charge in [-0.1, -0.05) is 25.1 Å². The molecular formula is C20H29ClF3N5OS. The average molecular weight is 480 g/mol. The molecule has 1 atom stereocenters. The largest absolute Gasteiger partial charge is 0.494 e. The van der Waals surface area contributed by atoms with E-state index in [2.05, 4.69) is 34.0 Å². The summed E-state index contributed by atoms with van der Waals surface area (Å²) in [7, 11) is 3.11. The first-order valence-electron chi connectivity index (χ1n) is 9.62. The van der Waals surface area contributed by atoms with Gasteiger partial charge >= 0.3 is 6.18 Å². The van der Waals surface area contributed by atoms with Crippen molar-refractivity contribution in [3.63, 3.8) is 0 Å². The number of ether oxygens (including phenoxy) is 1. The Morgan fingerprint density at radius 3 is 2.61 bits per heavy atom. The van der Waals surface area contributed by atoms with Gasteiger partial charge in [-0.2, -0.15) is 13.2 Å². The maximum atomic E-state index is 12.4. The molecule has 4 N–H and O–H groups in total. The Hall–Kier alpha value is -2.04. The number of nitrogens with two attached hydrogens (primary N) is 1. The Bertz CT molecular complexity index is 789. The van der Waals surface area contributed by atoms with Crippen LogP contribution in [-0.2, 0) is 10.9 Å². The van der Waals surface area contributed by atoms with E-state index >= 15 is 0 Å². The Morgan fingerprint density at radius 1 is 1.42 bits per heavy atom. The number of benzene rings is 1. The highest BCUT2D eigenvalue weighted by atomic mass is 35.5. The highest BCUT2D eigenvalue weighted by Crippen LogP contribution is 2.33. The van der Waals surface area contributed by atoms with Crippen molar-refractivity contribution >= 4 is 40.5 Å². The number of nitrogens with zero attached hydrogens (tertiary/aromatic N) is 2. The van der Waals surface area contributed by atoms with Gasteiger partial charge in [-0.25, -0.2) is 0 Å². The second-order valence-corrected chi connectivity index (χ2v) is 7.68. The van der Waals surface area contributed by atoms with Crippen molar-refractivity contribution < 1.29 is 17.9 Å². The summed E-state index contributed by atoms with van der Waals surface area (Å²) in [6.07, 6.45) is -3.22. The first-order valence-corrected chi connectivity index (χ1v) is 10.4. The van der Waals surface area contributed by atoms with Gasteiger partial charge in [-0.05, 0) is 55.8 Å². The maximum absolute atomic E-state index is 12.4. The number of nitrogens with one attached hydrogen (secondary N) is 2. The molecule has 1 aromatic rings. The lowest BCUT2D eigenvalue weighted by Crippen LogP contribution is -2.24. The summed E-state index contributed by atoms with van der Waals surface area (Å²) in [5.41, 5.74) is 5.06. The molecule has 0 aliphatic carbocycles. The lowest BCUT2D eigenvalue weighted by molar-refractivity contribution is -0.137. The topological polar surface area (TPSA) is 74.9 Å². The molecule has 1 fully saturated rings. The SMILES string of the molecule is C=C(OC)C(N)=NCC1CCN(CC)C1.CNC(=S)Nc1cc(Cl)cc(C(F)(F)F)c1. The lowest BCUT2D eigenvalue weighted by Gasteiger charge is -2.11. The highest BCUT2D eigenvalue weighted by molar-refractivity contribution is 7.80. The van der Waals surface area contributed by atoms with Gasteiger partial charge in [-0.3, -0.25) is 4.99 Å². The van der Waals surface area contributed by atoms with Gasteiger partial charge in [0, 0.05) is 30.8 Å². The van der Waals surface area contributed by atoms with E-state index in [0.717, 1.165) is 31.8 Å². The quantitative estimate of drug-likeness (QED) is 0.247. The predicted molar refractivity (Wildman–Crippen MR) is 125 cm³/mol. The van der Waals surface area contributed by atoms with E-state index in [0.29, 0.717) is 17.5 Å². The predicted octanol–water partition coefficient (Wildman–Crippen LogP) is 4.12. The van der Waals surface area contributed by atoms with Crippen molar-refractivity contribution in [3.8, 4) is 0 Å². The molecule has 0 aromatic heterocycles. The van der Waals surface area contributed by atoms with Crippen molar-refractivity contribution in [2.45, 2.75) is 19.5 Å². The molecule has 0 radical (unpaired) electrons. The van der Waals surface area contributed by atoms with Crippen molar-refractivity contribution in [3.05, 3.63) is 41.1 Å². The molecule has 1 aliphatic heterocycles. The molecule has 0 amide bonds. The van der Waals surface area contributed by atoms with Crippen LogP contribution in [0.2, 0.25) is 5.02 Å². The van der Waals surface area contributed by atoms with Crippen molar-refractivity contribution in [1.82, 2.24) is 10.2 Å². The molecule has 1 saturated heterocycles. The third-order valence-corrected chi connectivity index (χ3v) is 5.10. The van der Waals surface area contributed by atoms with Crippen LogP contribution < -0.4 is 16.4 Å². The number of thiocarbonyl (C=S) groups is 1. The van der Waals surface area contributed by atoms with E-state index in [1.807, 2.05) is 0 Å². The van der Waals surface area contributed by atoms with Crippen molar-refractivity contribution in [2.24, 2.45) is 16.6 Å². The van der Waals surface area contributed by atoms with Gasteiger partial charge in [0.05, 0.1) is 12.7 Å². The van der Waals surface area contributed by atoms with Crippen LogP contribution in [0, 0.1) is 5.92 Å². The van der Waals surface area contributed by atoms with E-state index in [1.54, 1.807) is 14.2 Å². The van der Waals surface area contributed by atoms with E-state index in [9.17, 15) is 13.2 Å². The zero-order valence-electron chi connectivity index (χ0n) is 17.9. The number of amidine groups is 1. The number of likely N-dealkylation sites (tertiary alicyclic amines) is 1. The minimum Gasteiger partial charge on any atom is -0.494 e. The molecule has 1 heterocycles. The standard InChI is InChI=1S/C11H21N3O.C9H8ClF3N2S/c1-4-14-6-5-10(8-14)7-13-11(12)9(2)15-3;1-14-8(16)15-7-3-5(9(11,12)13)2-6(10)4-7/h10H,2,4-8H2,1,3H3,(H2,12,13);2-4H,1H3,(H2,14,15,16). The third-order valence-electron chi connectivity index (χ3n) is 4.58. The minimum absolute atomic E-state index is 0.00349. The van der Waals surface area contributed by atoms with Gasteiger partial charge in [0.1, 0.15) is 0 Å². The number of methoxy groups -OCH3 is 1. The molecule has 2 rings (SSSR count). The van der Waals surface area contributed by atoms with Crippen LogP contribution >= 0.6 is 23.8 Å². The molecule has 0 bridgehead atoms. The number of rotatable bonds is 6. The molecule has 0 saturated carbocycles. The zero-order valence-corrected chi connectivity index (χ0v) is 19.4. The minimum atomic E-state index is -4.43. The van der Waals surface area contributed by atoms with Crippen molar-refractivity contribution in [2.75, 3.05) is 45.7 Å². The van der Waals surface area contributed by atoms with Crippen LogP contribution in [0.15, 0.2) is 35.5 Å². The molecule has 0 spiro atoms. The molecule has 11 heteroatoms. The van der Waals surface area contributed by atoms with E-state index in [1.165, 1.54) is 19.0 Å². The summed E-state index contributed by atoms with van der Waals surface area (Å²) in [5, 5.41) is 5.38. The van der Waals surface area contributed by atoms with Gasteiger partial charge in [0.15, 0.2) is 16.7 Å². The Kier molecular flexibility index (Phi) is 11.1. The molecule has 31 heavy (non-hydrogen) atoms. The van der Waals surface area contributed by atoms with E-state index < -0.39 is 11.7 Å². The van der Waals surface area contributed by atoms with E-state index in [-0.39, 0.29) is 15.8 Å². The summed E-state index contributed by atoms with van der Waals surface area (Å²) < 4.78 is 42.2. The first kappa shape index (κ1) is 27.0. The molecule has 1 aromatic carbocycles. The maximum Gasteiger partial charge on any atom is 0.416 e. The van der Waals surface area contributed by atoms with Crippen LogP contribution in [0.4, 0.5) is 18.9 Å². The van der Waals surface area contributed by atoms with Crippen LogP contribution in [0.1, 0.15) is 18.9 Å². The first-order chi connectivity index (χ1) is 14.5. The number of hydrogen-bond donors (Lipinski definition) is 3. The fraction of sp³-hybridized carbons (Fsp3) is 0.500. The number of anilines is 1. The summed E-state index contributed by atoms with van der Waals surface area (Å²) in [5.74, 6) is 1.51. The number of aliphatic imine (C=N–C) groups is 1. The molecule has 174 valence electrons. The van der Waals surface area contributed by atoms with Gasteiger partial charge < -0.3 is 26.0 Å². The monoisotopic (exact) mass is 479 g/mol. The summed E-state index contributed by atoms with van der Waals surface area (Å²) in [6, 6.07) is 3.16. The summed E-state index contributed by atoms with van der Waals surface area (Å²) >= 11 is 10.3. The molecular weight excluding hydrogens is 451 g/mol. The highest BCUT2D eigenvalue weighted by Gasteiger charge is 2.31. The molecule has 6 nitrogen and oxygen atoms in total. The van der Waals surface area contributed by atoms with Gasteiger partial charge in [0.25, 0.3) is 0 Å². The van der Waals surface area contributed by atoms with Crippen LogP contribution in [-0.4, -0.2) is 56.2 Å². The second kappa shape index (κ2) is 12.7. The Labute approximate surface area is 191 Å². The van der Waals surface area contributed by atoms with Crippen molar-refractivity contribution in [1.29, 1.82) is 0 Å². The van der Waals surface area contributed by atoms with E-state index in [4.69, 9.17) is 34.3 Å². The fourth-order valence-electron chi connectivity index (χ4n) is 2.79. The number of hydrogen-bond acceptors (Lipinski definition) is 4. The zero-order chi connectivity index (χ0) is 23.6. The summed E-state index contributed by atoms with van der Waals surface area (Å²) in [6.45, 7) is 10.1. The lowest BCUT2D eigenvalue weighted by atomic mass is 10.1. The van der Waals surface area contributed by atoms with Gasteiger partial charge in [0.2, 0.25) is 0 Å². The number of halogens is 4. The number of alkyl halides is 3. The normalized spacial score (nSPS) is 16.9. The Morgan fingerprint density at radius 2 is 2.10 bits per heavy atom.